The molecule has 0 saturated carbocycles. The minimum absolute atomic E-state index is 0.201. The van der Waals surface area contributed by atoms with Gasteiger partial charge in [-0.1, -0.05) is 6.07 Å². The molecule has 0 saturated heterocycles. The number of carbonyl (C=O) groups is 2. The molecule has 22 heavy (non-hydrogen) atoms. The summed E-state index contributed by atoms with van der Waals surface area (Å²) in [7, 11) is 0. The van der Waals surface area contributed by atoms with Gasteiger partial charge in [0, 0.05) is 17.3 Å². The van der Waals surface area contributed by atoms with Crippen LogP contribution in [0, 0.1) is 0 Å². The Labute approximate surface area is 125 Å². The van der Waals surface area contributed by atoms with Gasteiger partial charge in [-0.05, 0) is 30.3 Å². The molecule has 0 aliphatic carbocycles. The molecule has 3 rings (SSSR count). The number of aromatic amines is 1. The predicted octanol–water partition coefficient (Wildman–Crippen LogP) is 1.21. The van der Waals surface area contributed by atoms with Crippen molar-refractivity contribution in [3.63, 3.8) is 0 Å². The molecule has 7 heteroatoms. The number of nitrogens with zero attached hydrogens (tertiary/aromatic N) is 2. The summed E-state index contributed by atoms with van der Waals surface area (Å²) in [6.07, 6.45) is 3.31. The molecule has 0 atom stereocenters. The zero-order valence-corrected chi connectivity index (χ0v) is 11.5. The number of fused-ring (bicyclic) bond motifs is 1. The zero-order chi connectivity index (χ0) is 15.4. The van der Waals surface area contributed by atoms with Crippen LogP contribution >= 0.6 is 0 Å². The van der Waals surface area contributed by atoms with E-state index in [4.69, 9.17) is 0 Å². The quantitative estimate of drug-likeness (QED) is 0.632. The molecule has 0 aliphatic rings. The number of rotatable bonds is 3. The van der Waals surface area contributed by atoms with Gasteiger partial charge < -0.3 is 10.6 Å². The molecule has 1 aromatic carbocycles. The summed E-state index contributed by atoms with van der Waals surface area (Å²) in [5.41, 5.74) is 1.99. The van der Waals surface area contributed by atoms with Gasteiger partial charge in [-0.2, -0.15) is 5.10 Å². The van der Waals surface area contributed by atoms with Crippen LogP contribution in [0.1, 0.15) is 5.69 Å². The molecular weight excluding hydrogens is 282 g/mol. The van der Waals surface area contributed by atoms with Crippen molar-refractivity contribution in [1.82, 2.24) is 20.5 Å². The van der Waals surface area contributed by atoms with Crippen LogP contribution in [0.5, 0.6) is 0 Å². The average Bonchev–Trinajstić information content (AvgIpc) is 3.01. The molecule has 0 radical (unpaired) electrons. The van der Waals surface area contributed by atoms with E-state index in [-0.39, 0.29) is 6.54 Å². The highest BCUT2D eigenvalue weighted by molar-refractivity contribution is 6.39. The van der Waals surface area contributed by atoms with Crippen molar-refractivity contribution in [2.45, 2.75) is 6.54 Å². The van der Waals surface area contributed by atoms with Crippen LogP contribution in [0.3, 0.4) is 0 Å². The molecule has 0 unspecified atom stereocenters. The maximum atomic E-state index is 11.8. The summed E-state index contributed by atoms with van der Waals surface area (Å²) < 4.78 is 0. The summed E-state index contributed by atoms with van der Waals surface area (Å²) in [4.78, 5) is 27.7. The second kappa shape index (κ2) is 6.04. The van der Waals surface area contributed by atoms with Crippen LogP contribution in [0.15, 0.2) is 48.8 Å². The van der Waals surface area contributed by atoms with Crippen molar-refractivity contribution in [1.29, 1.82) is 0 Å². The number of benzene rings is 1. The predicted molar refractivity (Wildman–Crippen MR) is 80.8 cm³/mol. The number of nitrogens with one attached hydrogen (secondary N) is 3. The standard InChI is InChI=1S/C15H13N5O2/c21-14(17-9-12-3-1-2-6-16-12)15(22)19-11-5-4-10-8-18-20-13(10)7-11/h1-8H,9H2,(H,17,21)(H,18,20)(H,19,22). The maximum Gasteiger partial charge on any atom is 0.313 e. The smallest absolute Gasteiger partial charge is 0.313 e. The lowest BCUT2D eigenvalue weighted by Gasteiger charge is -2.06. The van der Waals surface area contributed by atoms with E-state index in [2.05, 4.69) is 25.8 Å². The highest BCUT2D eigenvalue weighted by atomic mass is 16.2. The summed E-state index contributed by atoms with van der Waals surface area (Å²) in [6.45, 7) is 0.201. The fraction of sp³-hybridized carbons (Fsp3) is 0.0667. The number of H-pyrrole nitrogens is 1. The number of hydrogen-bond acceptors (Lipinski definition) is 4. The van der Waals surface area contributed by atoms with Crippen LogP contribution in [0.4, 0.5) is 5.69 Å². The molecule has 0 aliphatic heterocycles. The number of anilines is 1. The van der Waals surface area contributed by atoms with Crippen LogP contribution in [-0.4, -0.2) is 27.0 Å². The van der Waals surface area contributed by atoms with E-state index in [0.29, 0.717) is 11.4 Å². The van der Waals surface area contributed by atoms with Gasteiger partial charge in [0.15, 0.2) is 0 Å². The largest absolute Gasteiger partial charge is 0.342 e. The van der Waals surface area contributed by atoms with Crippen molar-refractivity contribution in [2.75, 3.05) is 5.32 Å². The van der Waals surface area contributed by atoms with E-state index in [0.717, 1.165) is 10.9 Å². The van der Waals surface area contributed by atoms with Gasteiger partial charge >= 0.3 is 11.8 Å². The van der Waals surface area contributed by atoms with Gasteiger partial charge in [0.25, 0.3) is 0 Å². The second-order valence-electron chi connectivity index (χ2n) is 4.63. The molecule has 110 valence electrons. The lowest BCUT2D eigenvalue weighted by Crippen LogP contribution is -2.35. The first-order valence-corrected chi connectivity index (χ1v) is 6.64. The van der Waals surface area contributed by atoms with Crippen molar-refractivity contribution < 1.29 is 9.59 Å². The van der Waals surface area contributed by atoms with E-state index in [1.165, 1.54) is 0 Å². The van der Waals surface area contributed by atoms with Gasteiger partial charge in [-0.15, -0.1) is 0 Å². The lowest BCUT2D eigenvalue weighted by molar-refractivity contribution is -0.136. The molecule has 0 bridgehead atoms. The van der Waals surface area contributed by atoms with Gasteiger partial charge in [0.05, 0.1) is 24.0 Å². The van der Waals surface area contributed by atoms with Gasteiger partial charge in [-0.3, -0.25) is 19.7 Å². The molecule has 3 aromatic rings. The van der Waals surface area contributed by atoms with E-state index in [1.807, 2.05) is 6.07 Å². The van der Waals surface area contributed by atoms with E-state index in [9.17, 15) is 9.59 Å². The minimum Gasteiger partial charge on any atom is -0.342 e. The highest BCUT2D eigenvalue weighted by Gasteiger charge is 2.13. The molecule has 2 amide bonds. The summed E-state index contributed by atoms with van der Waals surface area (Å²) in [5.74, 6) is -1.44. The first-order chi connectivity index (χ1) is 10.7. The number of hydrogen-bond donors (Lipinski definition) is 3. The Bertz CT molecular complexity index is 813. The van der Waals surface area contributed by atoms with Crippen molar-refractivity contribution in [3.8, 4) is 0 Å². The molecule has 0 fully saturated rings. The Morgan fingerprint density at radius 2 is 2.05 bits per heavy atom. The molecular formula is C15H13N5O2. The minimum atomic E-state index is -0.727. The third-order valence-corrected chi connectivity index (χ3v) is 3.06. The molecule has 0 spiro atoms. The normalized spacial score (nSPS) is 10.4. The van der Waals surface area contributed by atoms with E-state index in [1.54, 1.807) is 42.7 Å². The van der Waals surface area contributed by atoms with E-state index < -0.39 is 11.8 Å². The number of aromatic nitrogens is 3. The Kier molecular flexibility index (Phi) is 3.78. The summed E-state index contributed by atoms with van der Waals surface area (Å²) in [5, 5.41) is 12.7. The number of carbonyl (C=O) groups excluding carboxylic acids is 2. The van der Waals surface area contributed by atoms with Crippen LogP contribution < -0.4 is 10.6 Å². The van der Waals surface area contributed by atoms with Gasteiger partial charge in [0.1, 0.15) is 0 Å². The summed E-state index contributed by atoms with van der Waals surface area (Å²) >= 11 is 0. The third-order valence-electron chi connectivity index (χ3n) is 3.06. The molecule has 2 heterocycles. The number of pyridine rings is 1. The number of amides is 2. The lowest BCUT2D eigenvalue weighted by atomic mass is 10.2. The first kappa shape index (κ1) is 13.7. The Balaban J connectivity index is 1.59. The zero-order valence-electron chi connectivity index (χ0n) is 11.5. The maximum absolute atomic E-state index is 11.8. The second-order valence-corrected chi connectivity index (χ2v) is 4.63. The van der Waals surface area contributed by atoms with Crippen LogP contribution in [-0.2, 0) is 16.1 Å². The monoisotopic (exact) mass is 295 g/mol. The highest BCUT2D eigenvalue weighted by Crippen LogP contribution is 2.16. The van der Waals surface area contributed by atoms with Gasteiger partial charge in [0.2, 0.25) is 0 Å². The summed E-state index contributed by atoms with van der Waals surface area (Å²) in [6, 6.07) is 10.6. The van der Waals surface area contributed by atoms with Crippen molar-refractivity contribution in [3.05, 3.63) is 54.5 Å². The first-order valence-electron chi connectivity index (χ1n) is 6.64. The Morgan fingerprint density at radius 3 is 2.86 bits per heavy atom. The molecule has 3 N–H and O–H groups in total. The topological polar surface area (TPSA) is 99.8 Å². The average molecular weight is 295 g/mol. The third kappa shape index (κ3) is 3.09. The fourth-order valence-corrected chi connectivity index (χ4v) is 1.96. The molecule has 2 aromatic heterocycles. The van der Waals surface area contributed by atoms with Crippen LogP contribution in [0.25, 0.3) is 10.9 Å². The molecule has 7 nitrogen and oxygen atoms in total. The Hall–Kier alpha value is -3.22. The Morgan fingerprint density at radius 1 is 1.14 bits per heavy atom. The van der Waals surface area contributed by atoms with Gasteiger partial charge in [-0.25, -0.2) is 0 Å². The van der Waals surface area contributed by atoms with E-state index >= 15 is 0 Å². The van der Waals surface area contributed by atoms with Crippen LogP contribution in [0.2, 0.25) is 0 Å². The van der Waals surface area contributed by atoms with Crippen molar-refractivity contribution in [2.24, 2.45) is 0 Å². The van der Waals surface area contributed by atoms with Crippen molar-refractivity contribution >= 4 is 28.4 Å². The fourth-order valence-electron chi connectivity index (χ4n) is 1.96. The SMILES string of the molecule is O=C(NCc1ccccn1)C(=O)Nc1ccc2cn[nH]c2c1.